The largest absolute Gasteiger partial charge is 0.377 e. The van der Waals surface area contributed by atoms with E-state index in [0.29, 0.717) is 24.6 Å². The Morgan fingerprint density at radius 3 is 2.70 bits per heavy atom. The summed E-state index contributed by atoms with van der Waals surface area (Å²) >= 11 is 0. The molecular formula is C21H30FN3O2. The van der Waals surface area contributed by atoms with E-state index in [2.05, 4.69) is 36.0 Å². The molecule has 5 atom stereocenters. The van der Waals surface area contributed by atoms with Crippen LogP contribution < -0.4 is 5.32 Å². The van der Waals surface area contributed by atoms with Gasteiger partial charge in [0.15, 0.2) is 5.96 Å². The number of benzene rings is 1. The molecule has 3 fully saturated rings. The molecule has 5 unspecified atom stereocenters. The molecule has 1 aliphatic carbocycles. The maximum absolute atomic E-state index is 13.3. The van der Waals surface area contributed by atoms with Crippen LogP contribution in [-0.2, 0) is 9.47 Å². The van der Waals surface area contributed by atoms with Gasteiger partial charge in [-0.1, -0.05) is 26.0 Å². The van der Waals surface area contributed by atoms with Crippen LogP contribution >= 0.6 is 0 Å². The van der Waals surface area contributed by atoms with Crippen molar-refractivity contribution in [1.29, 1.82) is 0 Å². The molecule has 2 saturated heterocycles. The molecule has 2 aliphatic heterocycles. The summed E-state index contributed by atoms with van der Waals surface area (Å²) in [6.45, 7) is 8.96. The van der Waals surface area contributed by atoms with Crippen LogP contribution in [0.25, 0.3) is 0 Å². The van der Waals surface area contributed by atoms with Gasteiger partial charge in [0, 0.05) is 37.6 Å². The molecule has 1 aromatic rings. The zero-order valence-corrected chi connectivity index (χ0v) is 16.6. The molecule has 0 bridgehead atoms. The van der Waals surface area contributed by atoms with Crippen LogP contribution in [0.3, 0.4) is 0 Å². The molecule has 6 heteroatoms. The Labute approximate surface area is 160 Å². The zero-order chi connectivity index (χ0) is 19.2. The lowest BCUT2D eigenvalue weighted by atomic mass is 9.57. The summed E-state index contributed by atoms with van der Waals surface area (Å²) in [6.07, 6.45) is 1.44. The second kappa shape index (κ2) is 7.06. The smallest absolute Gasteiger partial charge is 0.194 e. The summed E-state index contributed by atoms with van der Waals surface area (Å²) in [4.78, 5) is 6.83. The Morgan fingerprint density at radius 2 is 2.00 bits per heavy atom. The van der Waals surface area contributed by atoms with Gasteiger partial charge in [0.25, 0.3) is 0 Å². The van der Waals surface area contributed by atoms with E-state index >= 15 is 0 Å². The number of aliphatic imine (C=N–C) groups is 1. The third kappa shape index (κ3) is 3.34. The number of hydrogen-bond acceptors (Lipinski definition) is 3. The van der Waals surface area contributed by atoms with Crippen LogP contribution in [0.1, 0.15) is 38.9 Å². The normalized spacial score (nSPS) is 35.5. The van der Waals surface area contributed by atoms with E-state index < -0.39 is 0 Å². The molecule has 1 saturated carbocycles. The number of halogens is 1. The Bertz CT molecular complexity index is 706. The third-order valence-corrected chi connectivity index (χ3v) is 6.40. The Morgan fingerprint density at radius 1 is 1.26 bits per heavy atom. The van der Waals surface area contributed by atoms with Gasteiger partial charge in [-0.2, -0.15) is 0 Å². The molecular weight excluding hydrogens is 345 g/mol. The fourth-order valence-corrected chi connectivity index (χ4v) is 5.04. The molecule has 0 radical (unpaired) electrons. The van der Waals surface area contributed by atoms with Gasteiger partial charge < -0.3 is 19.7 Å². The number of ether oxygens (including phenoxy) is 2. The fraction of sp³-hybridized carbons (Fsp3) is 0.667. The van der Waals surface area contributed by atoms with Crippen molar-refractivity contribution in [1.82, 2.24) is 10.2 Å². The lowest BCUT2D eigenvalue weighted by Gasteiger charge is -2.55. The van der Waals surface area contributed by atoms with Crippen LogP contribution in [0.5, 0.6) is 0 Å². The molecule has 0 amide bonds. The molecule has 2 heterocycles. The standard InChI is InChI=1S/C21H30FN3O2/c1-13-11-25(12-17(27-13)14-5-7-15(22)8-6-14)20(23-4)24-18-16-9-10-26-19(16)21(18,2)3/h5-8,13,16-19H,9-12H2,1-4H3,(H,23,24). The zero-order valence-electron chi connectivity index (χ0n) is 16.6. The molecule has 0 spiro atoms. The first kappa shape index (κ1) is 18.7. The second-order valence-corrected chi connectivity index (χ2v) is 8.63. The predicted molar refractivity (Wildman–Crippen MR) is 103 cm³/mol. The van der Waals surface area contributed by atoms with Gasteiger partial charge in [-0.25, -0.2) is 4.39 Å². The van der Waals surface area contributed by atoms with E-state index in [9.17, 15) is 4.39 Å². The first-order valence-electron chi connectivity index (χ1n) is 9.91. The van der Waals surface area contributed by atoms with Crippen molar-refractivity contribution in [3.63, 3.8) is 0 Å². The second-order valence-electron chi connectivity index (χ2n) is 8.63. The SMILES string of the molecule is CN=C(NC1C2CCOC2C1(C)C)N1CC(C)OC(c2ccc(F)cc2)C1. The minimum Gasteiger partial charge on any atom is -0.377 e. The van der Waals surface area contributed by atoms with Crippen molar-refractivity contribution in [2.45, 2.75) is 51.5 Å². The fourth-order valence-electron chi connectivity index (χ4n) is 5.04. The van der Waals surface area contributed by atoms with Gasteiger partial charge in [-0.15, -0.1) is 0 Å². The molecule has 27 heavy (non-hydrogen) atoms. The molecule has 0 aromatic heterocycles. The van der Waals surface area contributed by atoms with Crippen molar-refractivity contribution < 1.29 is 13.9 Å². The average Bonchev–Trinajstić information content (AvgIpc) is 3.09. The van der Waals surface area contributed by atoms with Crippen molar-refractivity contribution >= 4 is 5.96 Å². The summed E-state index contributed by atoms with van der Waals surface area (Å²) in [5.41, 5.74) is 1.10. The summed E-state index contributed by atoms with van der Waals surface area (Å²) in [5, 5.41) is 3.72. The van der Waals surface area contributed by atoms with Gasteiger partial charge in [-0.3, -0.25) is 4.99 Å². The van der Waals surface area contributed by atoms with Gasteiger partial charge >= 0.3 is 0 Å². The Hall–Kier alpha value is -1.66. The highest BCUT2D eigenvalue weighted by atomic mass is 19.1. The minimum absolute atomic E-state index is 0.0734. The van der Waals surface area contributed by atoms with E-state index in [4.69, 9.17) is 9.47 Å². The molecule has 1 N–H and O–H groups in total. The first-order chi connectivity index (χ1) is 12.9. The summed E-state index contributed by atoms with van der Waals surface area (Å²) in [6, 6.07) is 6.97. The van der Waals surface area contributed by atoms with Crippen molar-refractivity contribution in [3.05, 3.63) is 35.6 Å². The van der Waals surface area contributed by atoms with Crippen LogP contribution in [0, 0.1) is 17.2 Å². The van der Waals surface area contributed by atoms with Gasteiger partial charge in [0.1, 0.15) is 11.9 Å². The van der Waals surface area contributed by atoms with Crippen molar-refractivity contribution in [3.8, 4) is 0 Å². The molecule has 4 rings (SSSR count). The minimum atomic E-state index is -0.225. The average molecular weight is 375 g/mol. The van der Waals surface area contributed by atoms with Gasteiger partial charge in [0.2, 0.25) is 0 Å². The maximum Gasteiger partial charge on any atom is 0.194 e. The maximum atomic E-state index is 13.3. The third-order valence-electron chi connectivity index (χ3n) is 6.40. The van der Waals surface area contributed by atoms with Crippen LogP contribution in [-0.4, -0.2) is 55.9 Å². The number of hydrogen-bond donors (Lipinski definition) is 1. The number of morpholine rings is 1. The van der Waals surface area contributed by atoms with Gasteiger partial charge in [0.05, 0.1) is 18.8 Å². The molecule has 1 aromatic carbocycles. The number of rotatable bonds is 2. The molecule has 148 valence electrons. The van der Waals surface area contributed by atoms with Crippen molar-refractivity contribution in [2.75, 3.05) is 26.7 Å². The quantitative estimate of drug-likeness (QED) is 0.638. The lowest BCUT2D eigenvalue weighted by Crippen LogP contribution is -2.68. The van der Waals surface area contributed by atoms with E-state index in [1.54, 1.807) is 0 Å². The summed E-state index contributed by atoms with van der Waals surface area (Å²) in [7, 11) is 1.84. The number of nitrogens with one attached hydrogen (secondary N) is 1. The highest BCUT2D eigenvalue weighted by Crippen LogP contribution is 2.52. The van der Waals surface area contributed by atoms with E-state index in [1.807, 2.05) is 19.2 Å². The Kier molecular flexibility index (Phi) is 4.89. The predicted octanol–water partition coefficient (Wildman–Crippen LogP) is 2.98. The first-order valence-corrected chi connectivity index (χ1v) is 9.91. The monoisotopic (exact) mass is 375 g/mol. The van der Waals surface area contributed by atoms with E-state index in [1.165, 1.54) is 12.1 Å². The van der Waals surface area contributed by atoms with E-state index in [-0.39, 0.29) is 23.4 Å². The van der Waals surface area contributed by atoms with Crippen LogP contribution in [0.4, 0.5) is 4.39 Å². The van der Waals surface area contributed by atoms with Crippen LogP contribution in [0.2, 0.25) is 0 Å². The number of fused-ring (bicyclic) bond motifs is 1. The van der Waals surface area contributed by atoms with Crippen LogP contribution in [0.15, 0.2) is 29.3 Å². The highest BCUT2D eigenvalue weighted by Gasteiger charge is 2.59. The van der Waals surface area contributed by atoms with Gasteiger partial charge in [-0.05, 0) is 31.0 Å². The van der Waals surface area contributed by atoms with E-state index in [0.717, 1.165) is 31.1 Å². The number of guanidine groups is 1. The summed E-state index contributed by atoms with van der Waals surface area (Å²) < 4.78 is 25.3. The highest BCUT2D eigenvalue weighted by molar-refractivity contribution is 5.80. The Balaban J connectivity index is 1.48. The molecule has 3 aliphatic rings. The van der Waals surface area contributed by atoms with Crippen molar-refractivity contribution in [2.24, 2.45) is 16.3 Å². The summed E-state index contributed by atoms with van der Waals surface area (Å²) in [5.74, 6) is 1.25. The molecule has 5 nitrogen and oxygen atoms in total. The topological polar surface area (TPSA) is 46.1 Å². The number of nitrogens with zero attached hydrogens (tertiary/aromatic N) is 2. The lowest BCUT2D eigenvalue weighted by molar-refractivity contribution is -0.108.